The number of hydrogen-bond donors (Lipinski definition) is 2. The smallest absolute Gasteiger partial charge is 0.244 e. The minimum absolute atomic E-state index is 0.0454. The summed E-state index contributed by atoms with van der Waals surface area (Å²) >= 11 is 6.15. The third-order valence-corrected chi connectivity index (χ3v) is 4.32. The summed E-state index contributed by atoms with van der Waals surface area (Å²) in [5, 5.41) is 21.1. The van der Waals surface area contributed by atoms with Gasteiger partial charge in [-0.25, -0.2) is 4.68 Å². The van der Waals surface area contributed by atoms with Crippen molar-refractivity contribution in [3.63, 3.8) is 0 Å². The molecule has 0 bridgehead atoms. The molecule has 0 atom stereocenters. The maximum atomic E-state index is 12.0. The van der Waals surface area contributed by atoms with Gasteiger partial charge >= 0.3 is 0 Å². The molecular formula is C20H19ClN4O3. The van der Waals surface area contributed by atoms with Crippen LogP contribution in [0.25, 0.3) is 6.08 Å². The van der Waals surface area contributed by atoms with E-state index in [1.165, 1.54) is 19.3 Å². The molecular weight excluding hydrogens is 380 g/mol. The minimum atomic E-state index is -0.271. The molecule has 1 amide bonds. The maximum Gasteiger partial charge on any atom is 0.244 e. The van der Waals surface area contributed by atoms with Crippen molar-refractivity contribution in [3.8, 4) is 11.5 Å². The van der Waals surface area contributed by atoms with Gasteiger partial charge in [0.05, 0.1) is 26.4 Å². The number of ether oxygens (including phenoxy) is 1. The van der Waals surface area contributed by atoms with E-state index in [0.717, 1.165) is 11.1 Å². The molecule has 3 aromatic rings. The monoisotopic (exact) mass is 398 g/mol. The Bertz CT molecular complexity index is 1000. The normalized spacial score (nSPS) is 10.9. The van der Waals surface area contributed by atoms with Gasteiger partial charge in [0, 0.05) is 11.1 Å². The lowest BCUT2D eigenvalue weighted by Gasteiger charge is -2.03. The van der Waals surface area contributed by atoms with Crippen molar-refractivity contribution in [1.82, 2.24) is 20.3 Å². The van der Waals surface area contributed by atoms with Crippen molar-refractivity contribution in [3.05, 3.63) is 76.6 Å². The summed E-state index contributed by atoms with van der Waals surface area (Å²) in [6, 6.07) is 12.4. The fourth-order valence-electron chi connectivity index (χ4n) is 2.50. The molecule has 0 fully saturated rings. The molecule has 0 aliphatic heterocycles. The summed E-state index contributed by atoms with van der Waals surface area (Å²) in [5.41, 5.74) is 2.31. The molecule has 2 aromatic carbocycles. The molecule has 8 heteroatoms. The summed E-state index contributed by atoms with van der Waals surface area (Å²) in [6.45, 7) is 0.758. The van der Waals surface area contributed by atoms with Gasteiger partial charge in [0.2, 0.25) is 5.91 Å². The lowest BCUT2D eigenvalue weighted by molar-refractivity contribution is -0.116. The SMILES string of the molecule is COc1cc(/C=C/C(=O)NCc2cn(Cc3ccccc3Cl)nn2)ccc1O. The number of benzene rings is 2. The quantitative estimate of drug-likeness (QED) is 0.597. The first kappa shape index (κ1) is 19.4. The van der Waals surface area contributed by atoms with Crippen molar-refractivity contribution < 1.29 is 14.6 Å². The molecule has 0 aliphatic carbocycles. The Morgan fingerprint density at radius 2 is 2.14 bits per heavy atom. The Balaban J connectivity index is 1.54. The number of halogens is 1. The highest BCUT2D eigenvalue weighted by molar-refractivity contribution is 6.31. The molecule has 7 nitrogen and oxygen atoms in total. The van der Waals surface area contributed by atoms with Gasteiger partial charge in [-0.3, -0.25) is 4.79 Å². The molecule has 3 rings (SSSR count). The Morgan fingerprint density at radius 1 is 1.32 bits per heavy atom. The van der Waals surface area contributed by atoms with Crippen molar-refractivity contribution >= 4 is 23.6 Å². The van der Waals surface area contributed by atoms with Crippen LogP contribution in [0.1, 0.15) is 16.8 Å². The van der Waals surface area contributed by atoms with Crippen LogP contribution in [0, 0.1) is 0 Å². The summed E-state index contributed by atoms with van der Waals surface area (Å²) in [4.78, 5) is 12.0. The number of phenolic OH excluding ortho intramolecular Hbond substituents is 1. The molecule has 2 N–H and O–H groups in total. The molecule has 28 heavy (non-hydrogen) atoms. The number of nitrogens with one attached hydrogen (secondary N) is 1. The zero-order valence-electron chi connectivity index (χ0n) is 15.2. The largest absolute Gasteiger partial charge is 0.504 e. The maximum absolute atomic E-state index is 12.0. The molecule has 1 heterocycles. The molecule has 0 spiro atoms. The van der Waals surface area contributed by atoms with Crippen molar-refractivity contribution in [2.45, 2.75) is 13.1 Å². The summed E-state index contributed by atoms with van der Waals surface area (Å²) in [5.74, 6) is 0.120. The van der Waals surface area contributed by atoms with E-state index in [1.54, 1.807) is 29.1 Å². The average Bonchev–Trinajstić information content (AvgIpc) is 3.15. The van der Waals surface area contributed by atoms with Crippen LogP contribution < -0.4 is 10.1 Å². The number of carbonyl (C=O) groups is 1. The van der Waals surface area contributed by atoms with Crippen molar-refractivity contribution in [1.29, 1.82) is 0 Å². The van der Waals surface area contributed by atoms with E-state index in [1.807, 2.05) is 24.3 Å². The van der Waals surface area contributed by atoms with Gasteiger partial charge < -0.3 is 15.2 Å². The summed E-state index contributed by atoms with van der Waals surface area (Å²) in [6.07, 6.45) is 4.80. The Morgan fingerprint density at radius 3 is 2.93 bits per heavy atom. The molecule has 1 aromatic heterocycles. The van der Waals surface area contributed by atoms with Gasteiger partial charge in [-0.2, -0.15) is 0 Å². The fraction of sp³-hybridized carbons (Fsp3) is 0.150. The first-order valence-corrected chi connectivity index (χ1v) is 8.88. The van der Waals surface area contributed by atoms with Crippen LogP contribution in [0.15, 0.2) is 54.7 Å². The van der Waals surface area contributed by atoms with Crippen LogP contribution in [0.3, 0.4) is 0 Å². The lowest BCUT2D eigenvalue weighted by atomic mass is 10.2. The van der Waals surface area contributed by atoms with E-state index in [0.29, 0.717) is 23.0 Å². The van der Waals surface area contributed by atoms with Crippen LogP contribution >= 0.6 is 11.6 Å². The van der Waals surface area contributed by atoms with Gasteiger partial charge in [-0.1, -0.05) is 41.1 Å². The molecule has 0 unspecified atom stereocenters. The van der Waals surface area contributed by atoms with Crippen molar-refractivity contribution in [2.75, 3.05) is 7.11 Å². The zero-order chi connectivity index (χ0) is 19.9. The van der Waals surface area contributed by atoms with E-state index in [2.05, 4.69) is 15.6 Å². The van der Waals surface area contributed by atoms with E-state index in [-0.39, 0.29) is 18.2 Å². The van der Waals surface area contributed by atoms with Crippen LogP contribution in [0.4, 0.5) is 0 Å². The Labute approximate surface area is 167 Å². The topological polar surface area (TPSA) is 89.3 Å². The van der Waals surface area contributed by atoms with E-state index in [9.17, 15) is 9.90 Å². The average molecular weight is 399 g/mol. The Kier molecular flexibility index (Phi) is 6.29. The van der Waals surface area contributed by atoms with Gasteiger partial charge in [0.25, 0.3) is 0 Å². The molecule has 0 saturated carbocycles. The first-order chi connectivity index (χ1) is 13.5. The second-order valence-corrected chi connectivity index (χ2v) is 6.39. The third kappa shape index (κ3) is 5.11. The van der Waals surface area contributed by atoms with Crippen LogP contribution in [-0.4, -0.2) is 33.1 Å². The van der Waals surface area contributed by atoms with Crippen molar-refractivity contribution in [2.24, 2.45) is 0 Å². The second kappa shape index (κ2) is 9.05. The number of hydrogen-bond acceptors (Lipinski definition) is 5. The first-order valence-electron chi connectivity index (χ1n) is 8.50. The highest BCUT2D eigenvalue weighted by Crippen LogP contribution is 2.26. The van der Waals surface area contributed by atoms with Gasteiger partial charge in [-0.15, -0.1) is 5.10 Å². The van der Waals surface area contributed by atoms with Crippen LogP contribution in [-0.2, 0) is 17.9 Å². The predicted molar refractivity (Wildman–Crippen MR) is 106 cm³/mol. The summed E-state index contributed by atoms with van der Waals surface area (Å²) < 4.78 is 6.71. The standard InChI is InChI=1S/C20H19ClN4O3/c1-28-19-10-14(6-8-18(19)26)7-9-20(27)22-11-16-13-25(24-23-16)12-15-4-2-3-5-17(15)21/h2-10,13,26H,11-12H2,1H3,(H,22,27)/b9-7+. The fourth-order valence-corrected chi connectivity index (χ4v) is 2.70. The van der Waals surface area contributed by atoms with Crippen LogP contribution in [0.5, 0.6) is 11.5 Å². The number of carbonyl (C=O) groups excluding carboxylic acids is 1. The molecule has 144 valence electrons. The summed E-state index contributed by atoms with van der Waals surface area (Å²) in [7, 11) is 1.47. The lowest BCUT2D eigenvalue weighted by Crippen LogP contribution is -2.20. The number of nitrogens with zero attached hydrogens (tertiary/aromatic N) is 3. The Hall–Kier alpha value is -3.32. The minimum Gasteiger partial charge on any atom is -0.504 e. The highest BCUT2D eigenvalue weighted by Gasteiger charge is 2.06. The number of methoxy groups -OCH3 is 1. The van der Waals surface area contributed by atoms with E-state index in [4.69, 9.17) is 16.3 Å². The van der Waals surface area contributed by atoms with Gasteiger partial charge in [0.15, 0.2) is 11.5 Å². The number of phenols is 1. The zero-order valence-corrected chi connectivity index (χ0v) is 15.9. The van der Waals surface area contributed by atoms with E-state index < -0.39 is 0 Å². The van der Waals surface area contributed by atoms with E-state index >= 15 is 0 Å². The molecule has 0 radical (unpaired) electrons. The number of rotatable bonds is 7. The van der Waals surface area contributed by atoms with Gasteiger partial charge in [-0.05, 0) is 35.4 Å². The second-order valence-electron chi connectivity index (χ2n) is 5.98. The third-order valence-electron chi connectivity index (χ3n) is 3.95. The highest BCUT2D eigenvalue weighted by atomic mass is 35.5. The molecule has 0 aliphatic rings. The number of aromatic hydroxyl groups is 1. The predicted octanol–water partition coefficient (Wildman–Crippen LogP) is 3.02. The van der Waals surface area contributed by atoms with Gasteiger partial charge in [0.1, 0.15) is 5.69 Å². The molecule has 0 saturated heterocycles. The number of amides is 1. The number of aromatic nitrogens is 3. The van der Waals surface area contributed by atoms with Crippen LogP contribution in [0.2, 0.25) is 5.02 Å².